The maximum atomic E-state index is 13.3. The van der Waals surface area contributed by atoms with Gasteiger partial charge in [0.2, 0.25) is 0 Å². The van der Waals surface area contributed by atoms with Crippen LogP contribution in [0.2, 0.25) is 10.0 Å². The molecule has 7 nitrogen and oxygen atoms in total. The van der Waals surface area contributed by atoms with Gasteiger partial charge in [0.25, 0.3) is 11.4 Å². The molecule has 0 radical (unpaired) electrons. The average molecular weight is 617 g/mol. The summed E-state index contributed by atoms with van der Waals surface area (Å²) in [5.74, 6) is -0.342. The highest BCUT2D eigenvalue weighted by atomic mass is 35.5. The minimum atomic E-state index is -4.93. The Hall–Kier alpha value is -4.36. The Balaban J connectivity index is 1.91. The third kappa shape index (κ3) is 6.05. The lowest BCUT2D eigenvalue weighted by Crippen LogP contribution is -2.07. The van der Waals surface area contributed by atoms with Gasteiger partial charge in [-0.05, 0) is 24.3 Å². The summed E-state index contributed by atoms with van der Waals surface area (Å²) in [6, 6.07) is 12.5. The van der Waals surface area contributed by atoms with Crippen LogP contribution in [-0.4, -0.2) is 9.85 Å². The zero-order valence-corrected chi connectivity index (χ0v) is 21.4. The number of hydrogen-bond acceptors (Lipinski definition) is 5. The van der Waals surface area contributed by atoms with Crippen LogP contribution >= 0.6 is 23.2 Å². The van der Waals surface area contributed by atoms with Crippen LogP contribution in [0.1, 0.15) is 11.1 Å². The van der Waals surface area contributed by atoms with Crippen molar-refractivity contribution in [2.75, 3.05) is 0 Å². The van der Waals surface area contributed by atoms with Crippen LogP contribution < -0.4 is 4.74 Å². The Kier molecular flexibility index (Phi) is 7.87. The standard InChI is InChI=1S/C26H12Cl2F6N2O5/c27-17-9-13(25(29,30)31)11-19(35(37)38)23(17)15-5-1-3-7-21(15)41-22-8-4-2-6-16(22)24-18(28)10-14(26(32,33)34)12-20(24)36(39)40/h1-12H. The van der Waals surface area contributed by atoms with E-state index in [-0.39, 0.29) is 22.6 Å². The summed E-state index contributed by atoms with van der Waals surface area (Å²) in [5, 5.41) is 22.3. The Morgan fingerprint density at radius 2 is 0.951 bits per heavy atom. The van der Waals surface area contributed by atoms with Gasteiger partial charge in [-0.3, -0.25) is 20.2 Å². The zero-order chi connectivity index (χ0) is 30.3. The van der Waals surface area contributed by atoms with Gasteiger partial charge in [0, 0.05) is 23.3 Å². The topological polar surface area (TPSA) is 95.5 Å². The van der Waals surface area contributed by atoms with E-state index in [1.54, 1.807) is 0 Å². The molecule has 0 fully saturated rings. The van der Waals surface area contributed by atoms with Crippen molar-refractivity contribution < 1.29 is 40.9 Å². The first-order chi connectivity index (χ1) is 19.1. The smallest absolute Gasteiger partial charge is 0.416 e. The van der Waals surface area contributed by atoms with Crippen LogP contribution in [0.3, 0.4) is 0 Å². The number of rotatable bonds is 6. The van der Waals surface area contributed by atoms with E-state index in [0.29, 0.717) is 24.3 Å². The summed E-state index contributed by atoms with van der Waals surface area (Å²) in [7, 11) is 0. The lowest BCUT2D eigenvalue weighted by atomic mass is 9.99. The van der Waals surface area contributed by atoms with E-state index in [4.69, 9.17) is 27.9 Å². The molecule has 4 aromatic carbocycles. The molecule has 0 aliphatic heterocycles. The minimum Gasteiger partial charge on any atom is -0.456 e. The fraction of sp³-hybridized carbons (Fsp3) is 0.0769. The first-order valence-electron chi connectivity index (χ1n) is 11.1. The number of halogens is 8. The number of nitrogens with zero attached hydrogens (tertiary/aromatic N) is 2. The molecule has 4 rings (SSSR count). The highest BCUT2D eigenvalue weighted by Crippen LogP contribution is 2.48. The van der Waals surface area contributed by atoms with Crippen LogP contribution in [0.4, 0.5) is 37.7 Å². The number of ether oxygens (including phenoxy) is 1. The van der Waals surface area contributed by atoms with Gasteiger partial charge in [-0.15, -0.1) is 0 Å². The van der Waals surface area contributed by atoms with Gasteiger partial charge in [0.05, 0.1) is 42.1 Å². The third-order valence-corrected chi connectivity index (χ3v) is 6.32. The summed E-state index contributed by atoms with van der Waals surface area (Å²) in [6.07, 6.45) is -9.87. The monoisotopic (exact) mass is 616 g/mol. The van der Waals surface area contributed by atoms with Crippen LogP contribution in [0.25, 0.3) is 22.3 Å². The van der Waals surface area contributed by atoms with Crippen molar-refractivity contribution >= 4 is 34.6 Å². The minimum absolute atomic E-state index is 0.110. The van der Waals surface area contributed by atoms with E-state index in [1.807, 2.05) is 0 Å². The van der Waals surface area contributed by atoms with Gasteiger partial charge >= 0.3 is 12.4 Å². The Morgan fingerprint density at radius 1 is 0.610 bits per heavy atom. The van der Waals surface area contributed by atoms with Crippen molar-refractivity contribution in [1.82, 2.24) is 0 Å². The summed E-state index contributed by atoms with van der Waals surface area (Å²) in [6.45, 7) is 0. The number of alkyl halides is 6. The highest BCUT2D eigenvalue weighted by molar-refractivity contribution is 6.34. The number of nitro groups is 2. The number of benzene rings is 4. The van der Waals surface area contributed by atoms with Crippen LogP contribution in [0.15, 0.2) is 72.8 Å². The van der Waals surface area contributed by atoms with Gasteiger partial charge < -0.3 is 4.74 Å². The normalized spacial score (nSPS) is 11.8. The Labute approximate surface area is 235 Å². The van der Waals surface area contributed by atoms with Crippen molar-refractivity contribution in [3.63, 3.8) is 0 Å². The molecule has 41 heavy (non-hydrogen) atoms. The Bertz CT molecular complexity index is 1570. The molecule has 0 atom stereocenters. The van der Waals surface area contributed by atoms with Crippen molar-refractivity contribution in [3.05, 3.63) is 114 Å². The predicted octanol–water partition coefficient (Wildman–Crippen LogP) is 9.97. The van der Waals surface area contributed by atoms with E-state index in [0.717, 1.165) is 0 Å². The number of nitro benzene ring substituents is 2. The van der Waals surface area contributed by atoms with Crippen molar-refractivity contribution in [2.45, 2.75) is 12.4 Å². The fourth-order valence-electron chi connectivity index (χ4n) is 3.98. The molecule has 0 aliphatic carbocycles. The van der Waals surface area contributed by atoms with Gasteiger partial charge in [-0.1, -0.05) is 59.6 Å². The SMILES string of the molecule is O=[N+]([O-])c1cc(C(F)(F)F)cc(Cl)c1-c1ccccc1Oc1ccccc1-c1c(Cl)cc(C(F)(F)F)cc1[N+](=O)[O-]. The molecule has 0 aliphatic rings. The summed E-state index contributed by atoms with van der Waals surface area (Å²) in [4.78, 5) is 21.4. The molecule has 0 bridgehead atoms. The largest absolute Gasteiger partial charge is 0.456 e. The molecule has 4 aromatic rings. The second-order valence-electron chi connectivity index (χ2n) is 8.31. The van der Waals surface area contributed by atoms with Gasteiger partial charge in [0.15, 0.2) is 0 Å². The van der Waals surface area contributed by atoms with Crippen LogP contribution in [-0.2, 0) is 12.4 Å². The molecule has 15 heteroatoms. The first kappa shape index (κ1) is 29.6. The third-order valence-electron chi connectivity index (χ3n) is 5.72. The van der Waals surface area contributed by atoms with Gasteiger partial charge in [-0.2, -0.15) is 26.3 Å². The molecule has 0 N–H and O–H groups in total. The van der Waals surface area contributed by atoms with Crippen LogP contribution in [0, 0.1) is 20.2 Å². The quantitative estimate of drug-likeness (QED) is 0.122. The van der Waals surface area contributed by atoms with E-state index >= 15 is 0 Å². The maximum Gasteiger partial charge on any atom is 0.416 e. The summed E-state index contributed by atoms with van der Waals surface area (Å²) >= 11 is 12.2. The number of hydrogen-bond donors (Lipinski definition) is 0. The van der Waals surface area contributed by atoms with E-state index in [9.17, 15) is 46.6 Å². The molecule has 0 amide bonds. The molecule has 0 spiro atoms. The zero-order valence-electron chi connectivity index (χ0n) is 19.9. The lowest BCUT2D eigenvalue weighted by molar-refractivity contribution is -0.384. The molecule has 0 aromatic heterocycles. The van der Waals surface area contributed by atoms with Crippen molar-refractivity contribution in [3.8, 4) is 33.8 Å². The van der Waals surface area contributed by atoms with Gasteiger partial charge in [-0.25, -0.2) is 0 Å². The highest BCUT2D eigenvalue weighted by Gasteiger charge is 2.37. The first-order valence-corrected chi connectivity index (χ1v) is 11.8. The number of para-hydroxylation sites is 2. The second-order valence-corrected chi connectivity index (χ2v) is 9.12. The van der Waals surface area contributed by atoms with E-state index < -0.39 is 65.9 Å². The molecular formula is C26H12Cl2F6N2O5. The average Bonchev–Trinajstić information content (AvgIpc) is 2.87. The molecule has 0 unspecified atom stereocenters. The Morgan fingerprint density at radius 3 is 1.27 bits per heavy atom. The van der Waals surface area contributed by atoms with Crippen LogP contribution in [0.5, 0.6) is 11.5 Å². The van der Waals surface area contributed by atoms with Crippen molar-refractivity contribution in [2.24, 2.45) is 0 Å². The predicted molar refractivity (Wildman–Crippen MR) is 137 cm³/mol. The van der Waals surface area contributed by atoms with E-state index in [2.05, 4.69) is 0 Å². The summed E-state index contributed by atoms with van der Waals surface area (Å²) in [5.41, 5.74) is -5.70. The molecule has 0 saturated carbocycles. The molecule has 0 saturated heterocycles. The maximum absolute atomic E-state index is 13.3. The van der Waals surface area contributed by atoms with Gasteiger partial charge in [0.1, 0.15) is 11.5 Å². The fourth-order valence-corrected chi connectivity index (χ4v) is 4.61. The summed E-state index contributed by atoms with van der Waals surface area (Å²) < 4.78 is 85.7. The second kappa shape index (κ2) is 10.9. The molecule has 0 heterocycles. The molecular weight excluding hydrogens is 605 g/mol. The molecule has 212 valence electrons. The van der Waals surface area contributed by atoms with Crippen molar-refractivity contribution in [1.29, 1.82) is 0 Å². The lowest BCUT2D eigenvalue weighted by Gasteiger charge is -2.17. The van der Waals surface area contributed by atoms with E-state index in [1.165, 1.54) is 48.5 Å².